The molecule has 0 aliphatic heterocycles. The molecule has 19 heavy (non-hydrogen) atoms. The first-order chi connectivity index (χ1) is 9.33. The molecule has 0 bridgehead atoms. The van der Waals surface area contributed by atoms with E-state index >= 15 is 0 Å². The molecule has 0 unspecified atom stereocenters. The fraction of sp³-hybridized carbons (Fsp3) is 0.0526. The van der Waals surface area contributed by atoms with Gasteiger partial charge in [0, 0.05) is 0 Å². The lowest BCUT2D eigenvalue weighted by atomic mass is 9.94. The monoisotopic (exact) mass is 242 g/mol. The van der Waals surface area contributed by atoms with Gasteiger partial charge in [0.25, 0.3) is 0 Å². The SMILES string of the molecule is C=c1ccc2c3c(ccc2c1)=c1ccccc1=CC3. The van der Waals surface area contributed by atoms with Gasteiger partial charge in [-0.25, -0.2) is 0 Å². The minimum atomic E-state index is 1.01. The van der Waals surface area contributed by atoms with Gasteiger partial charge in [0.15, 0.2) is 0 Å². The normalized spacial score (nSPS) is 12.6. The van der Waals surface area contributed by atoms with Gasteiger partial charge in [-0.15, -0.1) is 0 Å². The van der Waals surface area contributed by atoms with Crippen LogP contribution < -0.4 is 10.4 Å². The van der Waals surface area contributed by atoms with E-state index in [1.807, 2.05) is 0 Å². The van der Waals surface area contributed by atoms with Crippen molar-refractivity contribution < 1.29 is 0 Å². The lowest BCUT2D eigenvalue weighted by Crippen LogP contribution is -2.09. The van der Waals surface area contributed by atoms with Crippen molar-refractivity contribution in [3.8, 4) is 0 Å². The van der Waals surface area contributed by atoms with Gasteiger partial charge >= 0.3 is 0 Å². The fourth-order valence-corrected chi connectivity index (χ4v) is 3.05. The van der Waals surface area contributed by atoms with Crippen LogP contribution in [0.1, 0.15) is 5.56 Å². The molecule has 0 radical (unpaired) electrons. The highest BCUT2D eigenvalue weighted by atomic mass is 14.1. The molecule has 0 heteroatoms. The van der Waals surface area contributed by atoms with Gasteiger partial charge in [0.05, 0.1) is 0 Å². The van der Waals surface area contributed by atoms with Crippen molar-refractivity contribution in [2.24, 2.45) is 0 Å². The van der Waals surface area contributed by atoms with E-state index < -0.39 is 0 Å². The standard InChI is InChI=1S/C19H14/c1-13-6-9-17-15(12-13)8-11-18-16-5-3-2-4-14(16)7-10-19(17)18/h2-9,11-12H,1,10H2. The Morgan fingerprint density at radius 2 is 1.74 bits per heavy atom. The largest absolute Gasteiger partial charge is 0.0917 e. The van der Waals surface area contributed by atoms with Crippen LogP contribution in [0, 0.1) is 10.4 Å². The second-order valence-corrected chi connectivity index (χ2v) is 5.14. The molecule has 3 aromatic carbocycles. The van der Waals surface area contributed by atoms with Crippen molar-refractivity contribution in [2.75, 3.05) is 0 Å². The lowest BCUT2D eigenvalue weighted by Gasteiger charge is -2.10. The van der Waals surface area contributed by atoms with Gasteiger partial charge in [-0.1, -0.05) is 61.2 Å². The predicted octanol–water partition coefficient (Wildman–Crippen LogP) is 2.87. The van der Waals surface area contributed by atoms with Crippen LogP contribution in [0.4, 0.5) is 0 Å². The quantitative estimate of drug-likeness (QED) is 0.568. The van der Waals surface area contributed by atoms with E-state index in [-0.39, 0.29) is 0 Å². The van der Waals surface area contributed by atoms with Crippen molar-refractivity contribution in [3.05, 3.63) is 81.0 Å². The summed E-state index contributed by atoms with van der Waals surface area (Å²) in [6.45, 7) is 4.01. The fourth-order valence-electron chi connectivity index (χ4n) is 3.05. The predicted molar refractivity (Wildman–Crippen MR) is 81.0 cm³/mol. The summed E-state index contributed by atoms with van der Waals surface area (Å²) in [6, 6.07) is 19.6. The molecular weight excluding hydrogens is 228 g/mol. The Hall–Kier alpha value is -2.34. The molecule has 0 N–H and O–H groups in total. The number of hydrogen-bond donors (Lipinski definition) is 0. The molecule has 90 valence electrons. The van der Waals surface area contributed by atoms with Crippen molar-refractivity contribution >= 4 is 23.4 Å². The Morgan fingerprint density at radius 1 is 0.842 bits per heavy atom. The summed E-state index contributed by atoms with van der Waals surface area (Å²) in [5, 5.41) is 7.80. The van der Waals surface area contributed by atoms with Gasteiger partial charge < -0.3 is 0 Å². The van der Waals surface area contributed by atoms with Crippen LogP contribution in [0.15, 0.2) is 54.6 Å². The minimum Gasteiger partial charge on any atom is -0.0917 e. The highest BCUT2D eigenvalue weighted by Gasteiger charge is 2.05. The summed E-state index contributed by atoms with van der Waals surface area (Å²) in [4.78, 5) is 0. The third-order valence-electron chi connectivity index (χ3n) is 3.97. The third-order valence-corrected chi connectivity index (χ3v) is 3.97. The van der Waals surface area contributed by atoms with Crippen molar-refractivity contribution in [3.63, 3.8) is 0 Å². The molecule has 1 aliphatic carbocycles. The zero-order chi connectivity index (χ0) is 12.8. The summed E-state index contributed by atoms with van der Waals surface area (Å²) < 4.78 is 0. The van der Waals surface area contributed by atoms with E-state index in [1.165, 1.54) is 32.0 Å². The second-order valence-electron chi connectivity index (χ2n) is 5.14. The van der Waals surface area contributed by atoms with Gasteiger partial charge in [-0.05, 0) is 49.7 Å². The van der Waals surface area contributed by atoms with Crippen LogP contribution in [0.25, 0.3) is 23.4 Å². The summed E-state index contributed by atoms with van der Waals surface area (Å²) >= 11 is 0. The molecule has 3 aromatic rings. The average Bonchev–Trinajstić information content (AvgIpc) is 2.46. The number of fused-ring (bicyclic) bond motifs is 4. The van der Waals surface area contributed by atoms with Crippen LogP contribution in [-0.2, 0) is 6.42 Å². The van der Waals surface area contributed by atoms with Gasteiger partial charge in [-0.2, -0.15) is 0 Å². The van der Waals surface area contributed by atoms with E-state index in [1.54, 1.807) is 0 Å². The molecule has 0 saturated carbocycles. The summed E-state index contributed by atoms with van der Waals surface area (Å²) in [5.41, 5.74) is 1.44. The number of rotatable bonds is 0. The Labute approximate surface area is 111 Å². The molecule has 0 heterocycles. The van der Waals surface area contributed by atoms with Crippen LogP contribution in [-0.4, -0.2) is 0 Å². The van der Waals surface area contributed by atoms with Crippen LogP contribution in [0.2, 0.25) is 0 Å². The first kappa shape index (κ1) is 10.6. The molecule has 0 fully saturated rings. The maximum absolute atomic E-state index is 4.01. The second kappa shape index (κ2) is 3.83. The molecule has 4 rings (SSSR count). The van der Waals surface area contributed by atoms with E-state index in [9.17, 15) is 0 Å². The number of hydrogen-bond acceptors (Lipinski definition) is 0. The Balaban J connectivity index is 2.31. The average molecular weight is 242 g/mol. The maximum atomic E-state index is 4.01. The summed E-state index contributed by atoms with van der Waals surface area (Å²) in [6.07, 6.45) is 3.34. The van der Waals surface area contributed by atoms with Gasteiger partial charge in [-0.3, -0.25) is 0 Å². The third kappa shape index (κ3) is 1.53. The topological polar surface area (TPSA) is 0 Å². The zero-order valence-corrected chi connectivity index (χ0v) is 10.7. The van der Waals surface area contributed by atoms with E-state index in [4.69, 9.17) is 0 Å². The Bertz CT molecular complexity index is 994. The number of benzene rings is 3. The van der Waals surface area contributed by atoms with Crippen molar-refractivity contribution in [2.45, 2.75) is 6.42 Å². The molecule has 0 atom stereocenters. The molecule has 0 nitrogen and oxygen atoms in total. The first-order valence-electron chi connectivity index (χ1n) is 6.63. The minimum absolute atomic E-state index is 1.01. The zero-order valence-electron chi connectivity index (χ0n) is 10.7. The molecule has 0 amide bonds. The Kier molecular flexibility index (Phi) is 2.13. The van der Waals surface area contributed by atoms with Crippen LogP contribution >= 0.6 is 0 Å². The van der Waals surface area contributed by atoms with Crippen molar-refractivity contribution in [1.82, 2.24) is 0 Å². The van der Waals surface area contributed by atoms with Gasteiger partial charge in [0.1, 0.15) is 0 Å². The smallest absolute Gasteiger partial charge is 0.00759 e. The molecule has 0 spiro atoms. The van der Waals surface area contributed by atoms with E-state index in [2.05, 4.69) is 67.3 Å². The summed E-state index contributed by atoms with van der Waals surface area (Å²) in [7, 11) is 0. The van der Waals surface area contributed by atoms with Gasteiger partial charge in [0.2, 0.25) is 0 Å². The molecule has 0 aromatic heterocycles. The molecular formula is C19H14. The highest BCUT2D eigenvalue weighted by molar-refractivity contribution is 5.86. The van der Waals surface area contributed by atoms with Crippen LogP contribution in [0.5, 0.6) is 0 Å². The molecule has 1 aliphatic rings. The van der Waals surface area contributed by atoms with E-state index in [0.717, 1.165) is 11.6 Å². The summed E-state index contributed by atoms with van der Waals surface area (Å²) in [5.74, 6) is 0. The van der Waals surface area contributed by atoms with Crippen LogP contribution in [0.3, 0.4) is 0 Å². The first-order valence-corrected chi connectivity index (χ1v) is 6.63. The van der Waals surface area contributed by atoms with Crippen molar-refractivity contribution in [1.29, 1.82) is 0 Å². The Morgan fingerprint density at radius 3 is 2.68 bits per heavy atom. The molecule has 0 saturated heterocycles. The lowest BCUT2D eigenvalue weighted by molar-refractivity contribution is 1.25. The highest BCUT2D eigenvalue weighted by Crippen LogP contribution is 2.21. The maximum Gasteiger partial charge on any atom is -0.00759 e. The van der Waals surface area contributed by atoms with E-state index in [0.29, 0.717) is 0 Å².